The van der Waals surface area contributed by atoms with Gasteiger partial charge in [0.05, 0.1) is 19.0 Å². The van der Waals surface area contributed by atoms with Gasteiger partial charge in [-0.25, -0.2) is 0 Å². The number of halogens is 2. The van der Waals surface area contributed by atoms with E-state index in [1.54, 1.807) is 60.2 Å². The van der Waals surface area contributed by atoms with E-state index in [9.17, 15) is 9.59 Å². The van der Waals surface area contributed by atoms with Crippen molar-refractivity contribution in [3.05, 3.63) is 94.1 Å². The Kier molecular flexibility index (Phi) is 6.72. The zero-order chi connectivity index (χ0) is 23.5. The Morgan fingerprint density at radius 2 is 1.73 bits per heavy atom. The van der Waals surface area contributed by atoms with E-state index in [4.69, 9.17) is 32.7 Å². The van der Waals surface area contributed by atoms with Crippen molar-refractivity contribution in [3.63, 3.8) is 0 Å². The molecule has 0 spiro atoms. The van der Waals surface area contributed by atoms with Crippen molar-refractivity contribution < 1.29 is 19.1 Å². The quantitative estimate of drug-likeness (QED) is 0.187. The van der Waals surface area contributed by atoms with Gasteiger partial charge in [-0.05, 0) is 72.6 Å². The van der Waals surface area contributed by atoms with E-state index in [1.807, 2.05) is 25.1 Å². The predicted molar refractivity (Wildman–Crippen MR) is 130 cm³/mol. The van der Waals surface area contributed by atoms with Crippen LogP contribution in [-0.4, -0.2) is 23.6 Å². The van der Waals surface area contributed by atoms with Crippen LogP contribution in [0.2, 0.25) is 5.02 Å². The Bertz CT molecular complexity index is 1340. The first kappa shape index (κ1) is 22.9. The van der Waals surface area contributed by atoms with Crippen LogP contribution in [0.25, 0.3) is 10.9 Å². The summed E-state index contributed by atoms with van der Waals surface area (Å²) >= 11 is 11.9. The number of esters is 1. The first-order chi connectivity index (χ1) is 15.9. The lowest BCUT2D eigenvalue weighted by molar-refractivity contribution is -0.133. The van der Waals surface area contributed by atoms with E-state index in [1.165, 1.54) is 0 Å². The molecular formula is C26H21Cl2NO4. The third-order valence-electron chi connectivity index (χ3n) is 5.44. The van der Waals surface area contributed by atoms with Crippen LogP contribution in [0.15, 0.2) is 66.7 Å². The molecule has 168 valence electrons. The van der Waals surface area contributed by atoms with Crippen molar-refractivity contribution in [1.29, 1.82) is 0 Å². The van der Waals surface area contributed by atoms with Crippen LogP contribution < -0.4 is 9.47 Å². The second-order valence-electron chi connectivity index (χ2n) is 7.53. The second kappa shape index (κ2) is 9.69. The molecule has 0 unspecified atom stereocenters. The highest BCUT2D eigenvalue weighted by Crippen LogP contribution is 2.31. The molecule has 1 heterocycles. The van der Waals surface area contributed by atoms with Gasteiger partial charge in [-0.1, -0.05) is 23.7 Å². The zero-order valence-electron chi connectivity index (χ0n) is 18.1. The molecule has 0 N–H and O–H groups in total. The van der Waals surface area contributed by atoms with E-state index in [2.05, 4.69) is 0 Å². The molecule has 0 aliphatic rings. The van der Waals surface area contributed by atoms with E-state index < -0.39 is 5.97 Å². The largest absolute Gasteiger partial charge is 0.497 e. The maximum Gasteiger partial charge on any atom is 0.315 e. The van der Waals surface area contributed by atoms with Crippen molar-refractivity contribution in [2.24, 2.45) is 0 Å². The molecule has 0 saturated carbocycles. The molecule has 0 saturated heterocycles. The SMILES string of the molecule is COc1ccc2c(c1)c(CC(=O)Oc1cccc(CCl)c1)c(C)n2C(=O)c1ccc(Cl)cc1. The van der Waals surface area contributed by atoms with Crippen molar-refractivity contribution >= 4 is 46.0 Å². The molecule has 0 fully saturated rings. The Hall–Kier alpha value is -3.28. The van der Waals surface area contributed by atoms with Crippen LogP contribution in [-0.2, 0) is 17.1 Å². The fourth-order valence-corrected chi connectivity index (χ4v) is 4.09. The number of methoxy groups -OCH3 is 1. The molecule has 4 aromatic rings. The van der Waals surface area contributed by atoms with Gasteiger partial charge in [0.2, 0.25) is 0 Å². The van der Waals surface area contributed by atoms with Crippen LogP contribution in [0.4, 0.5) is 0 Å². The van der Waals surface area contributed by atoms with E-state index >= 15 is 0 Å². The van der Waals surface area contributed by atoms with Crippen molar-refractivity contribution in [2.75, 3.05) is 7.11 Å². The highest BCUT2D eigenvalue weighted by molar-refractivity contribution is 6.30. The number of carbonyl (C=O) groups excluding carboxylic acids is 2. The third-order valence-corrected chi connectivity index (χ3v) is 6.00. The molecule has 0 amide bonds. The molecule has 0 aliphatic heterocycles. The number of alkyl halides is 1. The van der Waals surface area contributed by atoms with Crippen molar-refractivity contribution in [3.8, 4) is 11.5 Å². The fraction of sp³-hybridized carbons (Fsp3) is 0.154. The minimum Gasteiger partial charge on any atom is -0.497 e. The molecular weight excluding hydrogens is 461 g/mol. The number of hydrogen-bond donors (Lipinski definition) is 0. The van der Waals surface area contributed by atoms with Crippen LogP contribution in [0.3, 0.4) is 0 Å². The van der Waals surface area contributed by atoms with Gasteiger partial charge in [-0.2, -0.15) is 0 Å². The number of hydrogen-bond acceptors (Lipinski definition) is 4. The van der Waals surface area contributed by atoms with E-state index in [0.29, 0.717) is 44.7 Å². The molecule has 0 aliphatic carbocycles. The smallest absolute Gasteiger partial charge is 0.315 e. The summed E-state index contributed by atoms with van der Waals surface area (Å²) in [6, 6.07) is 19.2. The Labute approximate surface area is 201 Å². The number of rotatable bonds is 6. The summed E-state index contributed by atoms with van der Waals surface area (Å²) in [4.78, 5) is 26.2. The summed E-state index contributed by atoms with van der Waals surface area (Å²) < 4.78 is 12.5. The van der Waals surface area contributed by atoms with Crippen molar-refractivity contribution in [2.45, 2.75) is 19.2 Å². The molecule has 3 aromatic carbocycles. The van der Waals surface area contributed by atoms with Gasteiger partial charge in [0.25, 0.3) is 5.91 Å². The molecule has 5 nitrogen and oxygen atoms in total. The van der Waals surface area contributed by atoms with E-state index in [0.717, 1.165) is 10.9 Å². The minimum atomic E-state index is -0.439. The zero-order valence-corrected chi connectivity index (χ0v) is 19.6. The van der Waals surface area contributed by atoms with Crippen molar-refractivity contribution in [1.82, 2.24) is 4.57 Å². The van der Waals surface area contributed by atoms with Gasteiger partial charge in [0.1, 0.15) is 11.5 Å². The number of aromatic nitrogens is 1. The van der Waals surface area contributed by atoms with Crippen LogP contribution >= 0.6 is 23.2 Å². The van der Waals surface area contributed by atoms with E-state index in [-0.39, 0.29) is 12.3 Å². The number of nitrogens with zero attached hydrogens (tertiary/aromatic N) is 1. The molecule has 33 heavy (non-hydrogen) atoms. The molecule has 7 heteroatoms. The van der Waals surface area contributed by atoms with Gasteiger partial charge in [0, 0.05) is 27.5 Å². The summed E-state index contributed by atoms with van der Waals surface area (Å²) in [5.41, 5.74) is 3.38. The highest BCUT2D eigenvalue weighted by atomic mass is 35.5. The first-order valence-electron chi connectivity index (χ1n) is 10.2. The van der Waals surface area contributed by atoms with Gasteiger partial charge >= 0.3 is 5.97 Å². The van der Waals surface area contributed by atoms with Crippen LogP contribution in [0, 0.1) is 6.92 Å². The van der Waals surface area contributed by atoms with Gasteiger partial charge in [0.15, 0.2) is 0 Å². The molecule has 0 atom stereocenters. The average Bonchev–Trinajstić information content (AvgIpc) is 3.09. The second-order valence-corrected chi connectivity index (χ2v) is 8.23. The average molecular weight is 482 g/mol. The lowest BCUT2D eigenvalue weighted by Gasteiger charge is -2.08. The molecule has 0 bridgehead atoms. The lowest BCUT2D eigenvalue weighted by Crippen LogP contribution is -2.15. The van der Waals surface area contributed by atoms with Crippen LogP contribution in [0.1, 0.15) is 27.2 Å². The molecule has 0 radical (unpaired) electrons. The number of fused-ring (bicyclic) bond motifs is 1. The number of ether oxygens (including phenoxy) is 2. The lowest BCUT2D eigenvalue weighted by atomic mass is 10.1. The molecule has 1 aromatic heterocycles. The summed E-state index contributed by atoms with van der Waals surface area (Å²) in [7, 11) is 1.57. The summed E-state index contributed by atoms with van der Waals surface area (Å²) in [5.74, 6) is 0.724. The van der Waals surface area contributed by atoms with Gasteiger partial charge in [-0.15, -0.1) is 11.6 Å². The Morgan fingerprint density at radius 1 is 0.970 bits per heavy atom. The van der Waals surface area contributed by atoms with Crippen LogP contribution in [0.5, 0.6) is 11.5 Å². The topological polar surface area (TPSA) is 57.5 Å². The maximum atomic E-state index is 13.4. The Morgan fingerprint density at radius 3 is 2.42 bits per heavy atom. The standard InChI is InChI=1S/C26H21Cl2NO4/c1-16-22(14-25(30)33-21-5-3-4-17(12-21)15-27)23-13-20(32-2)10-11-24(23)29(16)26(31)18-6-8-19(28)9-7-18/h3-13H,14-15H2,1-2H3. The third kappa shape index (κ3) is 4.75. The Balaban J connectivity index is 1.74. The minimum absolute atomic E-state index is 0.0124. The normalized spacial score (nSPS) is 10.9. The summed E-state index contributed by atoms with van der Waals surface area (Å²) in [5, 5.41) is 1.30. The summed E-state index contributed by atoms with van der Waals surface area (Å²) in [6.07, 6.45) is -0.0124. The fourth-order valence-electron chi connectivity index (χ4n) is 3.80. The highest BCUT2D eigenvalue weighted by Gasteiger charge is 2.22. The monoisotopic (exact) mass is 481 g/mol. The predicted octanol–water partition coefficient (Wildman–Crippen LogP) is 6.19. The number of benzene rings is 3. The maximum absolute atomic E-state index is 13.4. The number of carbonyl (C=O) groups is 2. The first-order valence-corrected chi connectivity index (χ1v) is 11.2. The van der Waals surface area contributed by atoms with Gasteiger partial charge < -0.3 is 9.47 Å². The summed E-state index contributed by atoms with van der Waals surface area (Å²) in [6.45, 7) is 1.82. The molecule has 4 rings (SSSR count). The van der Waals surface area contributed by atoms with Gasteiger partial charge in [-0.3, -0.25) is 14.2 Å².